The number of methoxy groups -OCH3 is 1. The van der Waals surface area contributed by atoms with Gasteiger partial charge < -0.3 is 14.2 Å². The Labute approximate surface area is 105 Å². The lowest BCUT2D eigenvalue weighted by Gasteiger charge is -2.08. The van der Waals surface area contributed by atoms with Crippen molar-refractivity contribution in [1.82, 2.24) is 0 Å². The summed E-state index contributed by atoms with van der Waals surface area (Å²) in [6, 6.07) is 5.10. The molecule has 0 heterocycles. The Morgan fingerprint density at radius 1 is 1.41 bits per heavy atom. The Balaban J connectivity index is 2.44. The van der Waals surface area contributed by atoms with E-state index in [4.69, 9.17) is 25.8 Å². The molecule has 0 atom stereocenters. The number of hydrogen-bond acceptors (Lipinski definition) is 4. The Morgan fingerprint density at radius 3 is 2.76 bits per heavy atom. The Hall–Kier alpha value is -1.42. The lowest BCUT2D eigenvalue weighted by Crippen LogP contribution is -2.09. The van der Waals surface area contributed by atoms with Gasteiger partial charge in [-0.1, -0.05) is 11.6 Å². The lowest BCUT2D eigenvalue weighted by molar-refractivity contribution is -0.143. The predicted octanol–water partition coefficient (Wildman–Crippen LogP) is 2.68. The van der Waals surface area contributed by atoms with Gasteiger partial charge in [0, 0.05) is 6.07 Å². The van der Waals surface area contributed by atoms with Gasteiger partial charge in [0.15, 0.2) is 0 Å². The van der Waals surface area contributed by atoms with E-state index in [1.165, 1.54) is 0 Å². The van der Waals surface area contributed by atoms with Crippen LogP contribution in [0.15, 0.2) is 18.2 Å². The van der Waals surface area contributed by atoms with Crippen molar-refractivity contribution in [3.8, 4) is 11.5 Å². The molecule has 0 aliphatic heterocycles. The smallest absolute Gasteiger partial charge is 0.309 e. The molecule has 1 aromatic carbocycles. The van der Waals surface area contributed by atoms with Crippen LogP contribution < -0.4 is 9.47 Å². The number of hydrogen-bond donors (Lipinski definition) is 0. The Kier molecular flexibility index (Phi) is 5.63. The topological polar surface area (TPSA) is 44.8 Å². The minimum atomic E-state index is -0.280. The molecule has 0 aromatic heterocycles. The molecule has 0 amide bonds. The van der Waals surface area contributed by atoms with Gasteiger partial charge in [0.25, 0.3) is 0 Å². The number of esters is 1. The third-order valence-corrected chi connectivity index (χ3v) is 2.30. The fourth-order valence-electron chi connectivity index (χ4n) is 1.20. The molecule has 5 heteroatoms. The van der Waals surface area contributed by atoms with Crippen LogP contribution >= 0.6 is 11.6 Å². The van der Waals surface area contributed by atoms with E-state index in [2.05, 4.69) is 0 Å². The van der Waals surface area contributed by atoms with Crippen LogP contribution in [0.25, 0.3) is 0 Å². The summed E-state index contributed by atoms with van der Waals surface area (Å²) in [6.45, 7) is 2.38. The van der Waals surface area contributed by atoms with Crippen LogP contribution in [0, 0.1) is 0 Å². The molecule has 0 bridgehead atoms. The van der Waals surface area contributed by atoms with E-state index in [1.54, 1.807) is 32.2 Å². The van der Waals surface area contributed by atoms with Gasteiger partial charge in [-0.3, -0.25) is 4.79 Å². The number of ether oxygens (including phenoxy) is 3. The van der Waals surface area contributed by atoms with Crippen LogP contribution in [0.4, 0.5) is 0 Å². The monoisotopic (exact) mass is 258 g/mol. The van der Waals surface area contributed by atoms with Crippen LogP contribution in [-0.2, 0) is 9.53 Å². The van der Waals surface area contributed by atoms with Gasteiger partial charge >= 0.3 is 5.97 Å². The van der Waals surface area contributed by atoms with Crippen molar-refractivity contribution in [3.63, 3.8) is 0 Å². The molecule has 4 nitrogen and oxygen atoms in total. The van der Waals surface area contributed by atoms with Crippen LogP contribution in [0.5, 0.6) is 11.5 Å². The number of carbonyl (C=O) groups is 1. The molecule has 0 aliphatic carbocycles. The normalized spacial score (nSPS) is 9.82. The van der Waals surface area contributed by atoms with Crippen LogP contribution in [0.1, 0.15) is 13.3 Å². The van der Waals surface area contributed by atoms with Gasteiger partial charge in [0.2, 0.25) is 0 Å². The predicted molar refractivity (Wildman–Crippen MR) is 64.7 cm³/mol. The summed E-state index contributed by atoms with van der Waals surface area (Å²) >= 11 is 5.96. The summed E-state index contributed by atoms with van der Waals surface area (Å²) in [4.78, 5) is 11.1. The average Bonchev–Trinajstić information content (AvgIpc) is 2.31. The first-order chi connectivity index (χ1) is 8.17. The molecule has 1 aromatic rings. The molecule has 0 fully saturated rings. The van der Waals surface area contributed by atoms with Gasteiger partial charge in [-0.05, 0) is 19.1 Å². The van der Waals surface area contributed by atoms with Crippen molar-refractivity contribution in [2.24, 2.45) is 0 Å². The van der Waals surface area contributed by atoms with Crippen LogP contribution in [0.3, 0.4) is 0 Å². The second-order valence-electron chi connectivity index (χ2n) is 3.20. The lowest BCUT2D eigenvalue weighted by atomic mass is 10.3. The van der Waals surface area contributed by atoms with Gasteiger partial charge in [-0.25, -0.2) is 0 Å². The summed E-state index contributed by atoms with van der Waals surface area (Å²) in [7, 11) is 1.56. The van der Waals surface area contributed by atoms with Gasteiger partial charge in [0.1, 0.15) is 11.5 Å². The molecule has 94 valence electrons. The largest absolute Gasteiger partial charge is 0.497 e. The van der Waals surface area contributed by atoms with E-state index < -0.39 is 0 Å². The standard InChI is InChI=1S/C12H15ClO4/c1-3-16-12(14)6-7-17-11-5-4-9(15-2)8-10(11)13/h4-5,8H,3,6-7H2,1-2H3. The molecule has 0 radical (unpaired) electrons. The number of carbonyl (C=O) groups excluding carboxylic acids is 1. The second kappa shape index (κ2) is 7.01. The summed E-state index contributed by atoms with van der Waals surface area (Å²) in [5, 5.41) is 0.452. The van der Waals surface area contributed by atoms with Crippen LogP contribution in [0.2, 0.25) is 5.02 Å². The molecule has 1 rings (SSSR count). The van der Waals surface area contributed by atoms with Crippen molar-refractivity contribution < 1.29 is 19.0 Å². The molecular weight excluding hydrogens is 244 g/mol. The van der Waals surface area contributed by atoms with E-state index in [0.29, 0.717) is 23.1 Å². The molecular formula is C12H15ClO4. The van der Waals surface area contributed by atoms with Crippen LogP contribution in [-0.4, -0.2) is 26.3 Å². The van der Waals surface area contributed by atoms with Gasteiger partial charge in [-0.15, -0.1) is 0 Å². The highest BCUT2D eigenvalue weighted by Crippen LogP contribution is 2.28. The quantitative estimate of drug-likeness (QED) is 0.736. The molecule has 0 unspecified atom stereocenters. The fraction of sp³-hybridized carbons (Fsp3) is 0.417. The van der Waals surface area contributed by atoms with Crippen molar-refractivity contribution in [2.75, 3.05) is 20.3 Å². The maximum absolute atomic E-state index is 11.1. The zero-order chi connectivity index (χ0) is 12.7. The molecule has 0 saturated carbocycles. The third kappa shape index (κ3) is 4.53. The molecule has 0 spiro atoms. The zero-order valence-corrected chi connectivity index (χ0v) is 10.6. The molecule has 0 saturated heterocycles. The highest BCUT2D eigenvalue weighted by molar-refractivity contribution is 6.32. The Morgan fingerprint density at radius 2 is 2.18 bits per heavy atom. The summed E-state index contributed by atoms with van der Waals surface area (Å²) in [5.41, 5.74) is 0. The number of rotatable bonds is 6. The fourth-order valence-corrected chi connectivity index (χ4v) is 1.43. The average molecular weight is 259 g/mol. The number of halogens is 1. The van der Waals surface area contributed by atoms with Crippen molar-refractivity contribution in [1.29, 1.82) is 0 Å². The molecule has 0 N–H and O–H groups in total. The highest BCUT2D eigenvalue weighted by Gasteiger charge is 2.06. The van der Waals surface area contributed by atoms with E-state index in [9.17, 15) is 4.79 Å². The van der Waals surface area contributed by atoms with E-state index in [-0.39, 0.29) is 19.0 Å². The highest BCUT2D eigenvalue weighted by atomic mass is 35.5. The van der Waals surface area contributed by atoms with Gasteiger partial charge in [0.05, 0.1) is 31.8 Å². The maximum Gasteiger partial charge on any atom is 0.309 e. The molecule has 17 heavy (non-hydrogen) atoms. The Bertz CT molecular complexity index is 379. The minimum Gasteiger partial charge on any atom is -0.497 e. The maximum atomic E-state index is 11.1. The third-order valence-electron chi connectivity index (χ3n) is 2.01. The minimum absolute atomic E-state index is 0.205. The SMILES string of the molecule is CCOC(=O)CCOc1ccc(OC)cc1Cl. The summed E-state index contributed by atoms with van der Waals surface area (Å²) < 4.78 is 15.2. The van der Waals surface area contributed by atoms with Crippen molar-refractivity contribution in [2.45, 2.75) is 13.3 Å². The first-order valence-corrected chi connectivity index (χ1v) is 5.67. The molecule has 0 aliphatic rings. The van der Waals surface area contributed by atoms with E-state index >= 15 is 0 Å². The summed E-state index contributed by atoms with van der Waals surface area (Å²) in [6.07, 6.45) is 0.205. The van der Waals surface area contributed by atoms with Crippen molar-refractivity contribution >= 4 is 17.6 Å². The van der Waals surface area contributed by atoms with Crippen molar-refractivity contribution in [3.05, 3.63) is 23.2 Å². The van der Waals surface area contributed by atoms with E-state index in [0.717, 1.165) is 0 Å². The first-order valence-electron chi connectivity index (χ1n) is 5.29. The first kappa shape index (κ1) is 13.6. The number of benzene rings is 1. The van der Waals surface area contributed by atoms with Gasteiger partial charge in [-0.2, -0.15) is 0 Å². The summed E-state index contributed by atoms with van der Waals surface area (Å²) in [5.74, 6) is 0.904. The van der Waals surface area contributed by atoms with E-state index in [1.807, 2.05) is 0 Å². The second-order valence-corrected chi connectivity index (χ2v) is 3.61. The zero-order valence-electron chi connectivity index (χ0n) is 9.86.